The molecule has 0 N–H and O–H groups in total. The van der Waals surface area contributed by atoms with Crippen LogP contribution in [0.3, 0.4) is 0 Å². The maximum absolute atomic E-state index is 9.38. The highest BCUT2D eigenvalue weighted by atomic mass is 35.5. The fourth-order valence-electron chi connectivity index (χ4n) is 13.4. The molecule has 0 unspecified atom stereocenters. The fraction of sp³-hybridized carbons (Fsp3) is 0.0105. The van der Waals surface area contributed by atoms with E-state index in [2.05, 4.69) is 147 Å². The second kappa shape index (κ2) is 33.5. The van der Waals surface area contributed by atoms with Crippen LogP contribution in [0.4, 0.5) is 0 Å². The summed E-state index contributed by atoms with van der Waals surface area (Å²) in [6.45, 7) is 0. The molecule has 0 radical (unpaired) electrons. The predicted molar refractivity (Wildman–Crippen MR) is 466 cm³/mol. The molecule has 552 valence electrons. The molecular weight excluding hydrogens is 1540 g/mol. The van der Waals surface area contributed by atoms with E-state index in [1.54, 1.807) is 54.8 Å². The second-order valence-electron chi connectivity index (χ2n) is 25.8. The van der Waals surface area contributed by atoms with Crippen molar-refractivity contribution in [3.8, 4) is 126 Å². The number of ether oxygens (including phenoxy) is 1. The monoisotopic (exact) mass is 1600 g/mol. The lowest BCUT2D eigenvalue weighted by Gasteiger charge is -2.09. The molecular formula is C95H57Cl4N15OS. The van der Waals surface area contributed by atoms with Crippen molar-refractivity contribution in [3.63, 3.8) is 0 Å². The van der Waals surface area contributed by atoms with E-state index < -0.39 is 42.3 Å². The van der Waals surface area contributed by atoms with Crippen molar-refractivity contribution in [3.05, 3.63) is 360 Å². The maximum Gasteiger partial charge on any atom is 0.239 e. The molecule has 14 aromatic carbocycles. The van der Waals surface area contributed by atoms with Gasteiger partial charge in [0.05, 0.1) is 51.0 Å². The number of hydrogen-bond acceptors (Lipinski definition) is 16. The topological polar surface area (TPSA) is 216 Å². The van der Waals surface area contributed by atoms with Gasteiger partial charge >= 0.3 is 0 Å². The Balaban J connectivity index is 0.000000117. The van der Waals surface area contributed by atoms with Crippen LogP contribution in [0.5, 0.6) is 5.75 Å². The molecule has 0 aliphatic carbocycles. The van der Waals surface area contributed by atoms with Gasteiger partial charge in [0.25, 0.3) is 0 Å². The normalized spacial score (nSPS) is 11.8. The Morgan fingerprint density at radius 1 is 0.328 bits per heavy atom. The molecule has 0 atom stereocenters. The average molecular weight is 1610 g/mol. The van der Waals surface area contributed by atoms with Gasteiger partial charge in [0.2, 0.25) is 27.1 Å². The zero-order valence-electron chi connectivity index (χ0n) is 67.7. The third-order valence-corrected chi connectivity index (χ3v) is 20.5. The lowest BCUT2D eigenvalue weighted by Crippen LogP contribution is -2.04. The molecule has 6 aromatic heterocycles. The summed E-state index contributed by atoms with van der Waals surface area (Å²) in [4.78, 5) is 52.8. The number of thiophene rings is 1. The van der Waals surface area contributed by atoms with Crippen molar-refractivity contribution in [2.75, 3.05) is 7.11 Å². The summed E-state index contributed by atoms with van der Waals surface area (Å²) < 4.78 is 67.0. The van der Waals surface area contributed by atoms with Crippen molar-refractivity contribution < 1.29 is 14.3 Å². The molecule has 0 bridgehead atoms. The predicted octanol–water partition coefficient (Wildman–Crippen LogP) is 24.6. The van der Waals surface area contributed by atoms with Gasteiger partial charge < -0.3 is 4.74 Å². The van der Waals surface area contributed by atoms with Crippen LogP contribution < -0.4 is 4.74 Å². The number of para-hydroxylation sites is 2. The average Bonchev–Trinajstić information content (AvgIpc) is 1.23. The van der Waals surface area contributed by atoms with Gasteiger partial charge in [-0.15, -0.1) is 11.3 Å². The van der Waals surface area contributed by atoms with Crippen LogP contribution in [0.15, 0.2) is 327 Å². The van der Waals surface area contributed by atoms with Gasteiger partial charge in [-0.25, -0.2) is 15.0 Å². The number of methoxy groups -OCH3 is 1. The van der Waals surface area contributed by atoms with Crippen molar-refractivity contribution in [1.29, 1.82) is 10.5 Å². The molecule has 6 heterocycles. The maximum atomic E-state index is 9.38. The molecule has 0 saturated carbocycles. The molecule has 21 heteroatoms. The zero-order valence-corrected chi connectivity index (χ0v) is 64.5. The first-order valence-corrected chi connectivity index (χ1v) is 38.2. The number of aromatic nitrogens is 13. The van der Waals surface area contributed by atoms with Gasteiger partial charge in [0.1, 0.15) is 5.75 Å². The highest BCUT2D eigenvalue weighted by Crippen LogP contribution is 2.44. The minimum atomic E-state index is -0.525. The Labute approximate surface area is 698 Å². The Morgan fingerprint density at radius 2 is 0.759 bits per heavy atom. The van der Waals surface area contributed by atoms with Crippen molar-refractivity contribution >= 4 is 121 Å². The number of fused-ring (bicyclic) bond motifs is 8. The van der Waals surface area contributed by atoms with Crippen molar-refractivity contribution in [2.45, 2.75) is 0 Å². The van der Waals surface area contributed by atoms with Crippen LogP contribution in [0.2, 0.25) is 21.1 Å². The van der Waals surface area contributed by atoms with Gasteiger partial charge in [-0.05, 0) is 133 Å². The Hall–Kier alpha value is -14.4. The van der Waals surface area contributed by atoms with E-state index in [0.717, 1.165) is 87.2 Å². The first-order chi connectivity index (χ1) is 59.9. The zero-order chi connectivity index (χ0) is 85.1. The summed E-state index contributed by atoms with van der Waals surface area (Å²) in [5.74, 6) is 3.71. The van der Waals surface area contributed by atoms with E-state index in [-0.39, 0.29) is 49.1 Å². The standard InChI is InChI=1S/C29H14ClN5S.C27H17ClN4.C20H14ClN3O.C19H12ClN3/c30-29-34-27(20-13-17(15-31)12-18(14-20)16-32)33-28(35-29)23-10-5-11-24-25(23)22-9-4-8-21(26(22)36-24)19-6-2-1-3-7-19;28-26-29-25(20-16-14-19(15-17-20)18-8-2-1-3-9-18)30-27(31-26)32-23-12-6-4-10-21(23)22-11-5-7-13-24(22)32;1-25-17-12-15(11-14-9-5-6-10-16(14)17)19-22-18(23-20(21)24-19)13-7-3-2-4-8-13;20-19-22-17(14-8-2-1-3-9-14)21-18(23-19)16-12-6-10-13-7-4-5-11-15(13)16/h1-14H;1-17H;2-12H,1H3;1-12H/i;;;4D,5D,6D,7D,10D,11D,12D. The SMILES string of the molecule is COc1cc(-c2nc(Cl)nc(-c3ccccc3)n2)cc2ccccc12.Clc1nc(-c2ccc(-c3ccccc3)cc2)nc(-n2c3ccccc3c3ccccc32)n1.N#Cc1cc(C#N)cc(-c2nc(Cl)nc(-c3cccc4sc5c(-c6ccccc6)cccc5c34)n2)c1.[2H]c1c([2H])c([2H])c2c(-c3nc(Cl)nc(-c4ccccc4)n3)c([2H])c([2H])c([2H])c2c1[2H]. The number of rotatable bonds is 11. The number of nitriles is 2. The number of benzene rings is 14. The minimum Gasteiger partial charge on any atom is -0.496 e. The van der Waals surface area contributed by atoms with E-state index in [9.17, 15) is 10.5 Å². The van der Waals surface area contributed by atoms with Crippen molar-refractivity contribution in [1.82, 2.24) is 64.4 Å². The van der Waals surface area contributed by atoms with Crippen molar-refractivity contribution in [2.24, 2.45) is 0 Å². The van der Waals surface area contributed by atoms with Gasteiger partial charge in [0.15, 0.2) is 40.8 Å². The van der Waals surface area contributed by atoms with E-state index >= 15 is 0 Å². The molecule has 0 aliphatic rings. The molecule has 20 rings (SSSR count). The molecule has 0 spiro atoms. The number of halogens is 4. The summed E-state index contributed by atoms with van der Waals surface area (Å²) in [5.41, 5.74) is 11.9. The Bertz CT molecular complexity index is 7540. The van der Waals surface area contributed by atoms with Gasteiger partial charge in [0, 0.05) is 75.3 Å². The summed E-state index contributed by atoms with van der Waals surface area (Å²) in [6.07, 6.45) is 0. The molecule has 0 amide bonds. The van der Waals surface area contributed by atoms with E-state index in [0.29, 0.717) is 57.3 Å². The lowest BCUT2D eigenvalue weighted by molar-refractivity contribution is 0.420. The van der Waals surface area contributed by atoms with Crippen LogP contribution in [0.25, 0.3) is 171 Å². The second-order valence-corrected chi connectivity index (χ2v) is 28.2. The largest absolute Gasteiger partial charge is 0.496 e. The van der Waals surface area contributed by atoms with Gasteiger partial charge in [-0.1, -0.05) is 279 Å². The van der Waals surface area contributed by atoms with E-state index in [1.807, 2.05) is 162 Å². The number of hydrogen-bond donors (Lipinski definition) is 0. The summed E-state index contributed by atoms with van der Waals surface area (Å²) in [6, 6.07) is 93.8. The summed E-state index contributed by atoms with van der Waals surface area (Å²) in [7, 11) is 1.65. The van der Waals surface area contributed by atoms with Gasteiger partial charge in [-0.2, -0.15) is 55.4 Å². The molecule has 16 nitrogen and oxygen atoms in total. The molecule has 0 fully saturated rings. The number of nitrogens with zero attached hydrogens (tertiary/aromatic N) is 15. The summed E-state index contributed by atoms with van der Waals surface area (Å²) in [5, 5.41) is 25.2. The third kappa shape index (κ3) is 15.8. The van der Waals surface area contributed by atoms with Crippen LogP contribution in [0, 0.1) is 22.7 Å². The minimum absolute atomic E-state index is 0.0392. The van der Waals surface area contributed by atoms with E-state index in [1.165, 1.54) is 21.9 Å². The smallest absolute Gasteiger partial charge is 0.239 e. The fourth-order valence-corrected chi connectivity index (χ4v) is 15.3. The van der Waals surface area contributed by atoms with Gasteiger partial charge in [-0.3, -0.25) is 4.57 Å². The van der Waals surface area contributed by atoms with Crippen LogP contribution in [-0.2, 0) is 0 Å². The molecule has 0 aliphatic heterocycles. The molecule has 0 saturated heterocycles. The first kappa shape index (κ1) is 66.2. The Kier molecular flexibility index (Phi) is 19.1. The summed E-state index contributed by atoms with van der Waals surface area (Å²) >= 11 is 26.7. The van der Waals surface area contributed by atoms with Crippen LogP contribution in [-0.4, -0.2) is 71.5 Å². The molecule has 116 heavy (non-hydrogen) atoms. The highest BCUT2D eigenvalue weighted by Gasteiger charge is 2.22. The third-order valence-electron chi connectivity index (χ3n) is 18.7. The Morgan fingerprint density at radius 3 is 1.35 bits per heavy atom. The first-order valence-electron chi connectivity index (χ1n) is 39.3. The highest BCUT2D eigenvalue weighted by molar-refractivity contribution is 7.26. The quantitative estimate of drug-likeness (QED) is 0.118. The lowest BCUT2D eigenvalue weighted by atomic mass is 10.0. The van der Waals surface area contributed by atoms with Crippen LogP contribution in [0.1, 0.15) is 20.7 Å². The van der Waals surface area contributed by atoms with Crippen LogP contribution >= 0.6 is 57.7 Å². The van der Waals surface area contributed by atoms with E-state index in [4.69, 9.17) is 70.7 Å². The molecule has 20 aromatic rings.